The van der Waals surface area contributed by atoms with Crippen LogP contribution in [-0.4, -0.2) is 31.3 Å². The Morgan fingerprint density at radius 2 is 1.92 bits per heavy atom. The summed E-state index contributed by atoms with van der Waals surface area (Å²) in [5.74, 6) is 0. The van der Waals surface area contributed by atoms with Crippen molar-refractivity contribution in [2.24, 2.45) is 0 Å². The van der Waals surface area contributed by atoms with Gasteiger partial charge in [0.15, 0.2) is 0 Å². The Bertz CT molecular complexity index is 115. The summed E-state index contributed by atoms with van der Waals surface area (Å²) in [4.78, 5) is 11.3. The smallest absolute Gasteiger partial charge is 0.142 e. The van der Waals surface area contributed by atoms with E-state index in [0.717, 1.165) is 6.04 Å². The number of unbranched alkanes of at least 4 members (excludes halogenated alkanes) is 1. The summed E-state index contributed by atoms with van der Waals surface area (Å²) in [6.45, 7) is 7.62. The zero-order valence-electron chi connectivity index (χ0n) is 9.42. The van der Waals surface area contributed by atoms with Gasteiger partial charge in [-0.3, -0.25) is 4.79 Å². The second kappa shape index (κ2) is 11.4. The van der Waals surface area contributed by atoms with Crippen LogP contribution in [0.3, 0.4) is 0 Å². The highest BCUT2D eigenvalue weighted by molar-refractivity contribution is 5.63. The highest BCUT2D eigenvalue weighted by atomic mass is 16.1. The average Bonchev–Trinajstić information content (AvgIpc) is 2.14. The van der Waals surface area contributed by atoms with Gasteiger partial charge in [0.05, 0.1) is 0 Å². The van der Waals surface area contributed by atoms with Crippen LogP contribution in [-0.2, 0) is 4.79 Å². The van der Waals surface area contributed by atoms with Crippen molar-refractivity contribution in [1.82, 2.24) is 4.90 Å². The molecule has 0 spiro atoms. The standard InChI is InChI=1S/C8H19N.C3H4O/c1-5-6-7-8(2)9(3)4;1-2-3-4/h8H,5-7H2,1-4H3;2-3H,1H2. The molecular formula is C11H23NO. The molecule has 0 aromatic heterocycles. The lowest BCUT2D eigenvalue weighted by Gasteiger charge is -2.18. The fourth-order valence-corrected chi connectivity index (χ4v) is 0.758. The van der Waals surface area contributed by atoms with E-state index in [1.54, 1.807) is 0 Å². The first-order chi connectivity index (χ1) is 6.09. The number of hydrogen-bond donors (Lipinski definition) is 0. The van der Waals surface area contributed by atoms with Gasteiger partial charge in [0.2, 0.25) is 0 Å². The van der Waals surface area contributed by atoms with Gasteiger partial charge in [-0.25, -0.2) is 0 Å². The van der Waals surface area contributed by atoms with Crippen LogP contribution < -0.4 is 0 Å². The molecule has 0 rings (SSSR count). The summed E-state index contributed by atoms with van der Waals surface area (Å²) in [7, 11) is 4.28. The zero-order chi connectivity index (χ0) is 10.7. The third-order valence-corrected chi connectivity index (χ3v) is 1.95. The molecule has 1 atom stereocenters. The van der Waals surface area contributed by atoms with Crippen molar-refractivity contribution in [2.45, 2.75) is 39.2 Å². The monoisotopic (exact) mass is 185 g/mol. The number of rotatable bonds is 5. The van der Waals surface area contributed by atoms with Crippen molar-refractivity contribution in [3.05, 3.63) is 12.7 Å². The largest absolute Gasteiger partial charge is 0.307 e. The lowest BCUT2D eigenvalue weighted by atomic mass is 10.1. The van der Waals surface area contributed by atoms with Gasteiger partial charge in [0.1, 0.15) is 6.29 Å². The molecule has 2 nitrogen and oxygen atoms in total. The topological polar surface area (TPSA) is 20.3 Å². The second-order valence-corrected chi connectivity index (χ2v) is 3.33. The van der Waals surface area contributed by atoms with Gasteiger partial charge in [-0.2, -0.15) is 0 Å². The van der Waals surface area contributed by atoms with E-state index in [1.807, 2.05) is 0 Å². The molecule has 0 aromatic carbocycles. The molecule has 0 radical (unpaired) electrons. The molecule has 0 aliphatic heterocycles. The molecule has 0 amide bonds. The van der Waals surface area contributed by atoms with Crippen LogP contribution in [0.15, 0.2) is 12.7 Å². The van der Waals surface area contributed by atoms with Crippen LogP contribution in [0.4, 0.5) is 0 Å². The van der Waals surface area contributed by atoms with Crippen LogP contribution in [0.1, 0.15) is 33.1 Å². The molecular weight excluding hydrogens is 162 g/mol. The summed E-state index contributed by atoms with van der Waals surface area (Å²) in [5, 5.41) is 0. The van der Waals surface area contributed by atoms with Gasteiger partial charge >= 0.3 is 0 Å². The predicted octanol–water partition coefficient (Wildman–Crippen LogP) is 2.50. The molecule has 0 saturated heterocycles. The SMILES string of the molecule is C=CC=O.CCCCC(C)N(C)C. The first-order valence-electron chi connectivity index (χ1n) is 4.82. The van der Waals surface area contributed by atoms with Crippen LogP contribution in [0.2, 0.25) is 0 Å². The van der Waals surface area contributed by atoms with Gasteiger partial charge in [-0.1, -0.05) is 26.3 Å². The molecule has 0 saturated carbocycles. The Hall–Kier alpha value is -0.630. The number of hydrogen-bond acceptors (Lipinski definition) is 2. The summed E-state index contributed by atoms with van der Waals surface area (Å²) in [5.41, 5.74) is 0. The minimum atomic E-state index is 0.639. The molecule has 0 aliphatic carbocycles. The average molecular weight is 185 g/mol. The van der Waals surface area contributed by atoms with Crippen LogP contribution >= 0.6 is 0 Å². The van der Waals surface area contributed by atoms with Gasteiger partial charge < -0.3 is 4.90 Å². The van der Waals surface area contributed by atoms with E-state index in [9.17, 15) is 0 Å². The normalized spacial score (nSPS) is 11.5. The quantitative estimate of drug-likeness (QED) is 0.484. The number of allylic oxidation sites excluding steroid dienone is 1. The lowest BCUT2D eigenvalue weighted by molar-refractivity contribution is -0.104. The van der Waals surface area contributed by atoms with E-state index in [2.05, 4.69) is 39.4 Å². The minimum Gasteiger partial charge on any atom is -0.307 e. The van der Waals surface area contributed by atoms with E-state index in [-0.39, 0.29) is 0 Å². The summed E-state index contributed by atoms with van der Waals surface area (Å²) < 4.78 is 0. The Balaban J connectivity index is 0. The number of carbonyl (C=O) groups is 1. The van der Waals surface area contributed by atoms with Crippen molar-refractivity contribution in [3.63, 3.8) is 0 Å². The molecule has 0 fully saturated rings. The Labute approximate surface area is 82.6 Å². The number of nitrogens with zero attached hydrogens (tertiary/aromatic N) is 1. The Morgan fingerprint density at radius 3 is 2.15 bits per heavy atom. The summed E-state index contributed by atoms with van der Waals surface area (Å²) in [6.07, 6.45) is 5.85. The minimum absolute atomic E-state index is 0.639. The molecule has 2 heteroatoms. The summed E-state index contributed by atoms with van der Waals surface area (Å²) >= 11 is 0. The van der Waals surface area contributed by atoms with Crippen molar-refractivity contribution < 1.29 is 4.79 Å². The van der Waals surface area contributed by atoms with Gasteiger partial charge in [0.25, 0.3) is 0 Å². The van der Waals surface area contributed by atoms with Gasteiger partial charge in [-0.15, -0.1) is 0 Å². The van der Waals surface area contributed by atoms with E-state index >= 15 is 0 Å². The molecule has 78 valence electrons. The molecule has 0 N–H and O–H groups in total. The molecule has 0 aromatic rings. The second-order valence-electron chi connectivity index (χ2n) is 3.33. The molecule has 1 unspecified atom stereocenters. The fraction of sp³-hybridized carbons (Fsp3) is 0.727. The van der Waals surface area contributed by atoms with Crippen molar-refractivity contribution in [3.8, 4) is 0 Å². The first-order valence-corrected chi connectivity index (χ1v) is 4.82. The van der Waals surface area contributed by atoms with E-state index in [1.165, 1.54) is 25.3 Å². The maximum Gasteiger partial charge on any atom is 0.142 e. The molecule has 0 heterocycles. The van der Waals surface area contributed by atoms with Gasteiger partial charge in [-0.05, 0) is 33.5 Å². The molecule has 0 aliphatic rings. The Kier molecular flexibility index (Phi) is 13.0. The predicted molar refractivity (Wildman–Crippen MR) is 58.9 cm³/mol. The number of carbonyl (C=O) groups excluding carboxylic acids is 1. The van der Waals surface area contributed by atoms with E-state index in [0.29, 0.717) is 6.29 Å². The maximum atomic E-state index is 9.06. The van der Waals surface area contributed by atoms with E-state index < -0.39 is 0 Å². The molecule has 0 bridgehead atoms. The lowest BCUT2D eigenvalue weighted by Crippen LogP contribution is -2.24. The van der Waals surface area contributed by atoms with Crippen LogP contribution in [0.25, 0.3) is 0 Å². The van der Waals surface area contributed by atoms with Crippen molar-refractivity contribution >= 4 is 6.29 Å². The fourth-order valence-electron chi connectivity index (χ4n) is 0.758. The van der Waals surface area contributed by atoms with Crippen molar-refractivity contribution in [1.29, 1.82) is 0 Å². The maximum absolute atomic E-state index is 9.06. The van der Waals surface area contributed by atoms with Crippen LogP contribution in [0.5, 0.6) is 0 Å². The Morgan fingerprint density at radius 1 is 1.46 bits per heavy atom. The van der Waals surface area contributed by atoms with Gasteiger partial charge in [0, 0.05) is 6.04 Å². The third kappa shape index (κ3) is 14.2. The zero-order valence-corrected chi connectivity index (χ0v) is 9.42. The third-order valence-electron chi connectivity index (χ3n) is 1.95. The van der Waals surface area contributed by atoms with E-state index in [4.69, 9.17) is 4.79 Å². The van der Waals surface area contributed by atoms with Crippen LogP contribution in [0, 0.1) is 0 Å². The highest BCUT2D eigenvalue weighted by Crippen LogP contribution is 2.03. The highest BCUT2D eigenvalue weighted by Gasteiger charge is 2.01. The van der Waals surface area contributed by atoms with Crippen molar-refractivity contribution in [2.75, 3.05) is 14.1 Å². The molecule has 13 heavy (non-hydrogen) atoms. The summed E-state index contributed by atoms with van der Waals surface area (Å²) in [6, 6.07) is 0.755. The first kappa shape index (κ1) is 14.9. The number of aldehydes is 1.